The zero-order valence-corrected chi connectivity index (χ0v) is 17.7. The summed E-state index contributed by atoms with van der Waals surface area (Å²) in [7, 11) is 0. The third kappa shape index (κ3) is 3.45. The molecule has 9 heteroatoms. The van der Waals surface area contributed by atoms with Crippen LogP contribution in [0, 0.1) is 11.7 Å². The predicted octanol–water partition coefficient (Wildman–Crippen LogP) is 3.21. The third-order valence-corrected chi connectivity index (χ3v) is 7.80. The van der Waals surface area contributed by atoms with Gasteiger partial charge in [-0.3, -0.25) is 4.79 Å². The molecule has 152 valence electrons. The number of aliphatic imine (C=N–C) groups is 1. The van der Waals surface area contributed by atoms with Crippen LogP contribution in [0.2, 0.25) is 0 Å². The van der Waals surface area contributed by atoms with Crippen LogP contribution >= 0.6 is 27.7 Å². The van der Waals surface area contributed by atoms with Gasteiger partial charge in [-0.05, 0) is 31.0 Å². The van der Waals surface area contributed by atoms with Gasteiger partial charge in [0.1, 0.15) is 18.0 Å². The number of nitrogens with zero attached hydrogens (tertiary/aromatic N) is 2. The molecule has 2 aliphatic heterocycles. The zero-order chi connectivity index (χ0) is 19.9. The summed E-state index contributed by atoms with van der Waals surface area (Å²) in [5, 5.41) is 0.254. The first-order valence-corrected chi connectivity index (χ1v) is 10.9. The average molecular weight is 474 g/mol. The van der Waals surface area contributed by atoms with Gasteiger partial charge in [0.2, 0.25) is 5.91 Å². The number of hydrogen-bond donors (Lipinski definition) is 1. The fourth-order valence-electron chi connectivity index (χ4n) is 4.40. The lowest BCUT2D eigenvalue weighted by atomic mass is 9.84. The van der Waals surface area contributed by atoms with E-state index in [9.17, 15) is 13.6 Å². The summed E-state index contributed by atoms with van der Waals surface area (Å²) in [6, 6.07) is 4.48. The van der Waals surface area contributed by atoms with Crippen molar-refractivity contribution in [3.63, 3.8) is 0 Å². The van der Waals surface area contributed by atoms with Crippen molar-refractivity contribution >= 4 is 38.8 Å². The topological polar surface area (TPSA) is 67.9 Å². The maximum Gasteiger partial charge on any atom is 0.222 e. The molecule has 0 spiro atoms. The highest BCUT2D eigenvalue weighted by atomic mass is 79.9. The molecule has 5 nitrogen and oxygen atoms in total. The number of carbonyl (C=O) groups excluding carboxylic acids is 1. The van der Waals surface area contributed by atoms with Crippen molar-refractivity contribution in [3.8, 4) is 0 Å². The number of amides is 1. The lowest BCUT2D eigenvalue weighted by Crippen LogP contribution is -2.42. The molecule has 4 rings (SSSR count). The molecule has 0 aromatic heterocycles. The quantitative estimate of drug-likeness (QED) is 0.712. The minimum Gasteiger partial charge on any atom is -0.378 e. The summed E-state index contributed by atoms with van der Waals surface area (Å²) < 4.78 is 34.6. The second-order valence-corrected chi connectivity index (χ2v) is 9.90. The number of rotatable bonds is 5. The number of ether oxygens (including phenoxy) is 1. The molecule has 1 aromatic rings. The molecule has 3 aliphatic rings. The first-order chi connectivity index (χ1) is 13.4. The van der Waals surface area contributed by atoms with Crippen LogP contribution in [-0.2, 0) is 15.1 Å². The highest BCUT2D eigenvalue weighted by Gasteiger charge is 2.68. The van der Waals surface area contributed by atoms with Gasteiger partial charge in [0.25, 0.3) is 0 Å². The molecule has 0 radical (unpaired) electrons. The Labute approximate surface area is 175 Å². The van der Waals surface area contributed by atoms with Crippen molar-refractivity contribution in [2.45, 2.75) is 29.5 Å². The van der Waals surface area contributed by atoms with Crippen molar-refractivity contribution in [1.82, 2.24) is 4.90 Å². The number of halogens is 3. The average Bonchev–Trinajstić information content (AvgIpc) is 3.43. The number of amidine groups is 1. The predicted molar refractivity (Wildman–Crippen MR) is 108 cm³/mol. The SMILES string of the molecule is NC1=N[C@](CF)(c2cc(Br)ccc2F)[C@@H]2C[C@]2(CCC(=O)N2CCOCC2)S1. The van der Waals surface area contributed by atoms with Crippen molar-refractivity contribution < 1.29 is 18.3 Å². The summed E-state index contributed by atoms with van der Waals surface area (Å²) in [5.41, 5.74) is 4.96. The summed E-state index contributed by atoms with van der Waals surface area (Å²) in [6.45, 7) is 1.49. The van der Waals surface area contributed by atoms with Crippen molar-refractivity contribution in [3.05, 3.63) is 34.1 Å². The lowest BCUT2D eigenvalue weighted by Gasteiger charge is -2.35. The number of nitrogens with two attached hydrogens (primary N) is 1. The van der Waals surface area contributed by atoms with Crippen molar-refractivity contribution in [1.29, 1.82) is 0 Å². The van der Waals surface area contributed by atoms with E-state index in [0.717, 1.165) is 0 Å². The number of thioether (sulfide) groups is 1. The number of carbonyl (C=O) groups is 1. The Kier molecular flexibility index (Phi) is 5.43. The van der Waals surface area contributed by atoms with E-state index in [1.807, 2.05) is 0 Å². The molecule has 1 amide bonds. The van der Waals surface area contributed by atoms with E-state index in [4.69, 9.17) is 10.5 Å². The Morgan fingerprint density at radius 2 is 2.18 bits per heavy atom. The van der Waals surface area contributed by atoms with E-state index in [1.165, 1.54) is 17.8 Å². The van der Waals surface area contributed by atoms with Crippen LogP contribution in [0.25, 0.3) is 0 Å². The molecular formula is C19H22BrF2N3O2S. The second kappa shape index (κ2) is 7.57. The van der Waals surface area contributed by atoms with Crippen LogP contribution in [-0.4, -0.2) is 53.7 Å². The molecule has 1 saturated heterocycles. The van der Waals surface area contributed by atoms with Crippen LogP contribution in [0.15, 0.2) is 27.7 Å². The molecule has 2 N–H and O–H groups in total. The molecular weight excluding hydrogens is 452 g/mol. The number of fused-ring (bicyclic) bond motifs is 1. The largest absolute Gasteiger partial charge is 0.378 e. The Morgan fingerprint density at radius 1 is 1.43 bits per heavy atom. The molecule has 1 saturated carbocycles. The van der Waals surface area contributed by atoms with Gasteiger partial charge in [-0.2, -0.15) is 0 Å². The number of alkyl halides is 1. The summed E-state index contributed by atoms with van der Waals surface area (Å²) >= 11 is 4.74. The molecule has 3 atom stereocenters. The van der Waals surface area contributed by atoms with Gasteiger partial charge in [-0.1, -0.05) is 27.7 Å². The van der Waals surface area contributed by atoms with Crippen LogP contribution in [0.1, 0.15) is 24.8 Å². The van der Waals surface area contributed by atoms with Crippen LogP contribution in [0.3, 0.4) is 0 Å². The lowest BCUT2D eigenvalue weighted by molar-refractivity contribution is -0.135. The summed E-state index contributed by atoms with van der Waals surface area (Å²) in [6.07, 6.45) is 1.60. The van der Waals surface area contributed by atoms with Gasteiger partial charge in [0.15, 0.2) is 5.17 Å². The van der Waals surface area contributed by atoms with Gasteiger partial charge in [-0.15, -0.1) is 0 Å². The first kappa shape index (κ1) is 20.1. The van der Waals surface area contributed by atoms with Gasteiger partial charge < -0.3 is 15.4 Å². The van der Waals surface area contributed by atoms with E-state index < -0.39 is 18.0 Å². The standard InChI is InChI=1S/C19H22BrF2N3O2S/c20-12-1-2-14(22)13(9-12)19(11-21)15-10-18(15,28-17(23)24-19)4-3-16(26)25-5-7-27-8-6-25/h1-2,9,15H,3-8,10-11H2,(H2,23,24)/t15-,18+,19-/m1/s1. The summed E-state index contributed by atoms with van der Waals surface area (Å²) in [4.78, 5) is 18.7. The Bertz CT molecular complexity index is 820. The second-order valence-electron chi connectivity index (χ2n) is 7.55. The van der Waals surface area contributed by atoms with Crippen LogP contribution in [0.5, 0.6) is 0 Å². The highest BCUT2D eigenvalue weighted by molar-refractivity contribution is 9.10. The van der Waals surface area contributed by atoms with E-state index in [1.54, 1.807) is 17.0 Å². The zero-order valence-electron chi connectivity index (χ0n) is 15.3. The molecule has 1 aliphatic carbocycles. The van der Waals surface area contributed by atoms with E-state index >= 15 is 0 Å². The maximum atomic E-state index is 14.6. The minimum atomic E-state index is -1.33. The Balaban J connectivity index is 1.56. The molecule has 2 fully saturated rings. The Morgan fingerprint density at radius 3 is 2.89 bits per heavy atom. The normalized spacial score (nSPS) is 31.9. The fourth-order valence-corrected chi connectivity index (χ4v) is 6.18. The fraction of sp³-hybridized carbons (Fsp3) is 0.579. The van der Waals surface area contributed by atoms with Gasteiger partial charge in [0, 0.05) is 40.2 Å². The Hall–Kier alpha value is -1.19. The number of morpholine rings is 1. The van der Waals surface area contributed by atoms with E-state index in [-0.39, 0.29) is 27.3 Å². The maximum absolute atomic E-state index is 14.6. The van der Waals surface area contributed by atoms with Gasteiger partial charge >= 0.3 is 0 Å². The molecule has 0 unspecified atom stereocenters. The van der Waals surface area contributed by atoms with Crippen LogP contribution in [0.4, 0.5) is 8.78 Å². The first-order valence-electron chi connectivity index (χ1n) is 9.31. The van der Waals surface area contributed by atoms with Gasteiger partial charge in [0.05, 0.1) is 13.2 Å². The van der Waals surface area contributed by atoms with E-state index in [0.29, 0.717) is 50.0 Å². The highest BCUT2D eigenvalue weighted by Crippen LogP contribution is 2.68. The van der Waals surface area contributed by atoms with Crippen LogP contribution < -0.4 is 5.73 Å². The smallest absolute Gasteiger partial charge is 0.222 e. The third-order valence-electron chi connectivity index (χ3n) is 5.94. The van der Waals surface area contributed by atoms with Crippen molar-refractivity contribution in [2.24, 2.45) is 16.6 Å². The molecule has 0 bridgehead atoms. The molecule has 1 aromatic carbocycles. The van der Waals surface area contributed by atoms with Gasteiger partial charge in [-0.25, -0.2) is 13.8 Å². The number of hydrogen-bond acceptors (Lipinski definition) is 5. The monoisotopic (exact) mass is 473 g/mol. The van der Waals surface area contributed by atoms with Crippen molar-refractivity contribution in [2.75, 3.05) is 33.0 Å². The summed E-state index contributed by atoms with van der Waals surface area (Å²) in [5.74, 6) is -0.609. The number of benzene rings is 1. The van der Waals surface area contributed by atoms with E-state index in [2.05, 4.69) is 20.9 Å². The molecule has 28 heavy (non-hydrogen) atoms. The minimum absolute atomic E-state index is 0.0736. The molecule has 2 heterocycles.